The highest BCUT2D eigenvalue weighted by Crippen LogP contribution is 2.24. The molecule has 1 aliphatic heterocycles. The molecule has 7 heteroatoms. The van der Waals surface area contributed by atoms with E-state index < -0.39 is 12.1 Å². The number of carbonyl (C=O) groups is 3. The van der Waals surface area contributed by atoms with E-state index in [2.05, 4.69) is 0 Å². The first kappa shape index (κ1) is 17.0. The lowest BCUT2D eigenvalue weighted by molar-refractivity contribution is -0.149. The Labute approximate surface area is 121 Å². The van der Waals surface area contributed by atoms with Crippen LogP contribution < -0.4 is 0 Å². The molecule has 3 unspecified atom stereocenters. The van der Waals surface area contributed by atoms with E-state index in [9.17, 15) is 19.5 Å². The molecule has 3 atom stereocenters. The summed E-state index contributed by atoms with van der Waals surface area (Å²) < 4.78 is 5.14. The number of ether oxygens (including phenoxy) is 1. The maximum Gasteiger partial charge on any atom is 0.333 e. The van der Waals surface area contributed by atoms with Crippen molar-refractivity contribution in [1.29, 1.82) is 0 Å². The van der Waals surface area contributed by atoms with Crippen molar-refractivity contribution >= 4 is 29.5 Å². The molecule has 0 saturated carbocycles. The minimum atomic E-state index is -1.45. The average molecular weight is 304 g/mol. The predicted molar refractivity (Wildman–Crippen MR) is 73.5 cm³/mol. The third-order valence-electron chi connectivity index (χ3n) is 3.06. The van der Waals surface area contributed by atoms with Gasteiger partial charge in [0.15, 0.2) is 6.10 Å². The third kappa shape index (κ3) is 6.38. The summed E-state index contributed by atoms with van der Waals surface area (Å²) >= 11 is 1.22. The number of aliphatic hydroxyl groups is 1. The van der Waals surface area contributed by atoms with Gasteiger partial charge in [0.1, 0.15) is 5.78 Å². The van der Waals surface area contributed by atoms with Gasteiger partial charge in [0.25, 0.3) is 0 Å². The van der Waals surface area contributed by atoms with Crippen molar-refractivity contribution in [3.63, 3.8) is 0 Å². The Morgan fingerprint density at radius 2 is 2.10 bits per heavy atom. The number of Topliss-reactive ketones (excluding diaryl/α,β-unsaturated/α-hetero) is 1. The summed E-state index contributed by atoms with van der Waals surface area (Å²) in [7, 11) is 0. The summed E-state index contributed by atoms with van der Waals surface area (Å²) in [6.07, 6.45) is 0.137. The lowest BCUT2D eigenvalue weighted by Crippen LogP contribution is -2.25. The van der Waals surface area contributed by atoms with E-state index in [-0.39, 0.29) is 35.3 Å². The molecule has 20 heavy (non-hydrogen) atoms. The maximum atomic E-state index is 11.8. The van der Waals surface area contributed by atoms with Crippen molar-refractivity contribution in [3.8, 4) is 0 Å². The van der Waals surface area contributed by atoms with Crippen LogP contribution in [0.4, 0.5) is 0 Å². The SMILES string of the molecule is CC1CCC(=O)CC(SCC(O)C(=O)O)CCC(=O)O1. The molecular formula is C13H20O6S. The Kier molecular flexibility index (Phi) is 7.01. The number of aliphatic carboxylic acids is 1. The zero-order valence-electron chi connectivity index (χ0n) is 11.4. The van der Waals surface area contributed by atoms with Crippen LogP contribution in [-0.2, 0) is 19.1 Å². The molecule has 0 aromatic heterocycles. The third-order valence-corrected chi connectivity index (χ3v) is 4.44. The summed E-state index contributed by atoms with van der Waals surface area (Å²) in [5.41, 5.74) is 0. The van der Waals surface area contributed by atoms with Gasteiger partial charge in [-0.3, -0.25) is 9.59 Å². The van der Waals surface area contributed by atoms with Crippen molar-refractivity contribution in [1.82, 2.24) is 0 Å². The summed E-state index contributed by atoms with van der Waals surface area (Å²) in [6, 6.07) is 0. The molecular weight excluding hydrogens is 284 g/mol. The number of esters is 1. The smallest absolute Gasteiger partial charge is 0.333 e. The van der Waals surface area contributed by atoms with Crippen LogP contribution >= 0.6 is 11.8 Å². The van der Waals surface area contributed by atoms with Crippen molar-refractivity contribution in [2.75, 3.05) is 5.75 Å². The van der Waals surface area contributed by atoms with E-state index in [1.807, 2.05) is 0 Å². The van der Waals surface area contributed by atoms with E-state index in [0.717, 1.165) is 0 Å². The first-order valence-electron chi connectivity index (χ1n) is 6.62. The van der Waals surface area contributed by atoms with Crippen molar-refractivity contribution in [3.05, 3.63) is 0 Å². The summed E-state index contributed by atoms with van der Waals surface area (Å²) in [4.78, 5) is 33.9. The van der Waals surface area contributed by atoms with Crippen molar-refractivity contribution < 1.29 is 29.3 Å². The molecule has 0 aromatic carbocycles. The molecule has 0 amide bonds. The van der Waals surface area contributed by atoms with Crippen LogP contribution in [0, 0.1) is 0 Å². The van der Waals surface area contributed by atoms with Gasteiger partial charge in [0.05, 0.1) is 6.10 Å². The average Bonchev–Trinajstić information content (AvgIpc) is 2.38. The second-order valence-electron chi connectivity index (χ2n) is 4.93. The highest BCUT2D eigenvalue weighted by molar-refractivity contribution is 8.00. The van der Waals surface area contributed by atoms with Gasteiger partial charge in [-0.2, -0.15) is 11.8 Å². The van der Waals surface area contributed by atoms with E-state index in [1.165, 1.54) is 11.8 Å². The molecule has 0 aliphatic carbocycles. The monoisotopic (exact) mass is 304 g/mol. The second kappa shape index (κ2) is 8.26. The van der Waals surface area contributed by atoms with E-state index in [1.54, 1.807) is 6.92 Å². The lowest BCUT2D eigenvalue weighted by Gasteiger charge is -2.20. The molecule has 2 N–H and O–H groups in total. The van der Waals surface area contributed by atoms with Gasteiger partial charge in [0.2, 0.25) is 0 Å². The van der Waals surface area contributed by atoms with Gasteiger partial charge in [-0.25, -0.2) is 4.79 Å². The number of carboxylic acid groups (broad SMARTS) is 1. The fourth-order valence-corrected chi connectivity index (χ4v) is 3.07. The van der Waals surface area contributed by atoms with Crippen LogP contribution in [0.1, 0.15) is 39.0 Å². The number of hydrogen-bond donors (Lipinski definition) is 2. The molecule has 114 valence electrons. The van der Waals surface area contributed by atoms with Gasteiger partial charge in [-0.15, -0.1) is 0 Å². The molecule has 1 rings (SSSR count). The van der Waals surface area contributed by atoms with Crippen LogP contribution in [0.5, 0.6) is 0 Å². The molecule has 0 aromatic rings. The predicted octanol–water partition coefficient (Wildman–Crippen LogP) is 0.999. The Morgan fingerprint density at radius 3 is 2.75 bits per heavy atom. The normalized spacial score (nSPS) is 26.7. The van der Waals surface area contributed by atoms with Crippen LogP contribution in [0.25, 0.3) is 0 Å². The van der Waals surface area contributed by atoms with Crippen LogP contribution in [-0.4, -0.2) is 51.1 Å². The molecule has 1 saturated heterocycles. The van der Waals surface area contributed by atoms with Crippen molar-refractivity contribution in [2.24, 2.45) is 0 Å². The number of carbonyl (C=O) groups excluding carboxylic acids is 2. The summed E-state index contributed by atoms with van der Waals surface area (Å²) in [5.74, 6) is -1.48. The molecule has 1 aliphatic rings. The van der Waals surface area contributed by atoms with E-state index >= 15 is 0 Å². The number of rotatable bonds is 4. The first-order chi connectivity index (χ1) is 9.38. The second-order valence-corrected chi connectivity index (χ2v) is 6.26. The van der Waals surface area contributed by atoms with E-state index in [0.29, 0.717) is 25.7 Å². The molecule has 0 radical (unpaired) electrons. The standard InChI is InChI=1S/C13H20O6S/c1-8-2-3-9(14)6-10(4-5-12(16)19-8)20-7-11(15)13(17)18/h8,10-11,15H,2-7H2,1H3,(H,17,18). The fourth-order valence-electron chi connectivity index (χ4n) is 1.88. The van der Waals surface area contributed by atoms with Crippen LogP contribution in [0.15, 0.2) is 0 Å². The van der Waals surface area contributed by atoms with Crippen molar-refractivity contribution in [2.45, 2.75) is 56.5 Å². The van der Waals surface area contributed by atoms with Gasteiger partial charge in [0, 0.05) is 30.3 Å². The highest BCUT2D eigenvalue weighted by atomic mass is 32.2. The summed E-state index contributed by atoms with van der Waals surface area (Å²) in [5, 5.41) is 17.7. The summed E-state index contributed by atoms with van der Waals surface area (Å²) in [6.45, 7) is 1.77. The van der Waals surface area contributed by atoms with E-state index in [4.69, 9.17) is 9.84 Å². The highest BCUT2D eigenvalue weighted by Gasteiger charge is 2.23. The maximum absolute atomic E-state index is 11.8. The lowest BCUT2D eigenvalue weighted by atomic mass is 10.0. The zero-order chi connectivity index (χ0) is 15.1. The largest absolute Gasteiger partial charge is 0.479 e. The molecule has 1 heterocycles. The number of thioether (sulfide) groups is 1. The van der Waals surface area contributed by atoms with Gasteiger partial charge < -0.3 is 14.9 Å². The Balaban J connectivity index is 2.53. The van der Waals surface area contributed by atoms with Crippen LogP contribution in [0.3, 0.4) is 0 Å². The quantitative estimate of drug-likeness (QED) is 0.747. The number of ketones is 1. The minimum Gasteiger partial charge on any atom is -0.479 e. The van der Waals surface area contributed by atoms with Crippen LogP contribution in [0.2, 0.25) is 0 Å². The zero-order valence-corrected chi connectivity index (χ0v) is 12.2. The molecule has 1 fully saturated rings. The number of hydrogen-bond acceptors (Lipinski definition) is 6. The Hall–Kier alpha value is -1.08. The number of carboxylic acids is 1. The Bertz CT molecular complexity index is 370. The van der Waals surface area contributed by atoms with Gasteiger partial charge in [-0.05, 0) is 19.8 Å². The molecule has 6 nitrogen and oxygen atoms in total. The van der Waals surface area contributed by atoms with Gasteiger partial charge >= 0.3 is 11.9 Å². The minimum absolute atomic E-state index is 0.0126. The topological polar surface area (TPSA) is 101 Å². The molecule has 0 bridgehead atoms. The fraction of sp³-hybridized carbons (Fsp3) is 0.769. The number of aliphatic hydroxyl groups excluding tert-OH is 1. The number of cyclic esters (lactones) is 1. The Morgan fingerprint density at radius 1 is 1.40 bits per heavy atom. The van der Waals surface area contributed by atoms with Gasteiger partial charge in [-0.1, -0.05) is 0 Å². The first-order valence-corrected chi connectivity index (χ1v) is 7.67. The molecule has 0 spiro atoms.